The first kappa shape index (κ1) is 11.4. The van der Waals surface area contributed by atoms with E-state index in [1.165, 1.54) is 0 Å². The number of pyridine rings is 1. The summed E-state index contributed by atoms with van der Waals surface area (Å²) < 4.78 is 0. The minimum absolute atomic E-state index is 0.0268. The van der Waals surface area contributed by atoms with E-state index in [1.807, 2.05) is 24.8 Å². The molecule has 0 radical (unpaired) electrons. The molecule has 0 atom stereocenters. The van der Waals surface area contributed by atoms with Gasteiger partial charge in [-0.2, -0.15) is 5.26 Å². The van der Waals surface area contributed by atoms with E-state index in [1.54, 1.807) is 0 Å². The Hall–Kier alpha value is -2.09. The molecule has 0 aliphatic carbocycles. The zero-order valence-corrected chi connectivity index (χ0v) is 9.95. The van der Waals surface area contributed by atoms with E-state index in [-0.39, 0.29) is 12.5 Å². The summed E-state index contributed by atoms with van der Waals surface area (Å²) in [6.45, 7) is 5.34. The van der Waals surface area contributed by atoms with Gasteiger partial charge in [0.05, 0.1) is 12.1 Å². The molecule has 0 spiro atoms. The second kappa shape index (κ2) is 4.42. The van der Waals surface area contributed by atoms with Crippen molar-refractivity contribution in [2.24, 2.45) is 0 Å². The first-order chi connectivity index (χ1) is 8.11. The number of carbonyl (C=O) groups excluding carboxylic acids is 1. The van der Waals surface area contributed by atoms with Crippen LogP contribution in [-0.2, 0) is 4.79 Å². The molecule has 1 aliphatic rings. The summed E-state index contributed by atoms with van der Waals surface area (Å²) in [6.07, 6.45) is 0. The lowest BCUT2D eigenvalue weighted by Crippen LogP contribution is -2.48. The van der Waals surface area contributed by atoms with Crippen LogP contribution >= 0.6 is 0 Å². The standard InChI is InChI=1S/C12H14N4O/c1-8-5-9(2)15-12(10(8)6-13)16-4-3-14-11(17)7-16/h5H,3-4,7H2,1-2H3,(H,14,17). The fraction of sp³-hybridized carbons (Fsp3) is 0.417. The molecule has 5 nitrogen and oxygen atoms in total. The zero-order valence-electron chi connectivity index (χ0n) is 9.95. The lowest BCUT2D eigenvalue weighted by atomic mass is 10.1. The molecular weight excluding hydrogens is 216 g/mol. The van der Waals surface area contributed by atoms with E-state index in [4.69, 9.17) is 5.26 Å². The van der Waals surface area contributed by atoms with Crippen LogP contribution in [0.1, 0.15) is 16.8 Å². The number of piperazine rings is 1. The van der Waals surface area contributed by atoms with Gasteiger partial charge >= 0.3 is 0 Å². The number of hydrogen-bond acceptors (Lipinski definition) is 4. The summed E-state index contributed by atoms with van der Waals surface area (Å²) in [5.74, 6) is 0.598. The van der Waals surface area contributed by atoms with Crippen molar-refractivity contribution in [3.8, 4) is 6.07 Å². The molecule has 17 heavy (non-hydrogen) atoms. The summed E-state index contributed by atoms with van der Waals surface area (Å²) >= 11 is 0. The Balaban J connectivity index is 2.43. The van der Waals surface area contributed by atoms with Gasteiger partial charge in [-0.15, -0.1) is 0 Å². The van der Waals surface area contributed by atoms with E-state index < -0.39 is 0 Å². The van der Waals surface area contributed by atoms with Crippen LogP contribution in [0.3, 0.4) is 0 Å². The van der Waals surface area contributed by atoms with Crippen molar-refractivity contribution in [2.45, 2.75) is 13.8 Å². The largest absolute Gasteiger partial charge is 0.353 e. The van der Waals surface area contributed by atoms with Gasteiger partial charge in [0.15, 0.2) is 0 Å². The maximum atomic E-state index is 11.4. The number of aryl methyl sites for hydroxylation is 2. The highest BCUT2D eigenvalue weighted by Gasteiger charge is 2.21. The Morgan fingerprint density at radius 1 is 1.53 bits per heavy atom. The van der Waals surface area contributed by atoms with Gasteiger partial charge in [0.2, 0.25) is 5.91 Å². The molecule has 0 saturated carbocycles. The third kappa shape index (κ3) is 2.21. The average molecular weight is 230 g/mol. The minimum atomic E-state index is -0.0268. The minimum Gasteiger partial charge on any atom is -0.353 e. The van der Waals surface area contributed by atoms with Gasteiger partial charge in [0, 0.05) is 18.8 Å². The number of hydrogen-bond donors (Lipinski definition) is 1. The predicted molar refractivity (Wildman–Crippen MR) is 63.6 cm³/mol. The van der Waals surface area contributed by atoms with Gasteiger partial charge in [0.1, 0.15) is 11.9 Å². The Morgan fingerprint density at radius 3 is 2.94 bits per heavy atom. The van der Waals surface area contributed by atoms with Crippen molar-refractivity contribution in [1.82, 2.24) is 10.3 Å². The van der Waals surface area contributed by atoms with Crippen molar-refractivity contribution in [3.05, 3.63) is 22.9 Å². The number of anilines is 1. The Labute approximate surface area is 100 Å². The second-order valence-corrected chi connectivity index (χ2v) is 4.16. The van der Waals surface area contributed by atoms with Crippen LogP contribution in [0.25, 0.3) is 0 Å². The summed E-state index contributed by atoms with van der Waals surface area (Å²) in [5.41, 5.74) is 2.33. The van der Waals surface area contributed by atoms with E-state index in [0.29, 0.717) is 24.5 Å². The van der Waals surface area contributed by atoms with E-state index >= 15 is 0 Å². The summed E-state index contributed by atoms with van der Waals surface area (Å²) in [5, 5.41) is 11.9. The molecule has 1 amide bonds. The highest BCUT2D eigenvalue weighted by atomic mass is 16.2. The Kier molecular flexibility index (Phi) is 2.96. The molecule has 1 saturated heterocycles. The van der Waals surface area contributed by atoms with Crippen molar-refractivity contribution >= 4 is 11.7 Å². The molecule has 5 heteroatoms. The average Bonchev–Trinajstić information content (AvgIpc) is 2.28. The first-order valence-electron chi connectivity index (χ1n) is 5.52. The molecule has 1 aromatic heterocycles. The number of nitrogens with zero attached hydrogens (tertiary/aromatic N) is 3. The molecule has 0 unspecified atom stereocenters. The Morgan fingerprint density at radius 2 is 2.29 bits per heavy atom. The third-order valence-electron chi connectivity index (χ3n) is 2.78. The number of nitriles is 1. The molecular formula is C12H14N4O. The number of aromatic nitrogens is 1. The molecule has 0 aromatic carbocycles. The van der Waals surface area contributed by atoms with E-state index in [2.05, 4.69) is 16.4 Å². The molecule has 1 aromatic rings. The molecule has 0 bridgehead atoms. The highest BCUT2D eigenvalue weighted by molar-refractivity contribution is 5.82. The van der Waals surface area contributed by atoms with Crippen LogP contribution in [-0.4, -0.2) is 30.5 Å². The molecule has 88 valence electrons. The number of nitrogens with one attached hydrogen (secondary N) is 1. The number of amides is 1. The maximum absolute atomic E-state index is 11.4. The van der Waals surface area contributed by atoms with Gasteiger partial charge in [-0.1, -0.05) is 0 Å². The first-order valence-corrected chi connectivity index (χ1v) is 5.52. The van der Waals surface area contributed by atoms with Crippen molar-refractivity contribution < 1.29 is 4.79 Å². The van der Waals surface area contributed by atoms with Crippen molar-refractivity contribution in [2.75, 3.05) is 24.5 Å². The SMILES string of the molecule is Cc1cc(C)c(C#N)c(N2CCNC(=O)C2)n1. The normalized spacial score (nSPS) is 15.4. The topological polar surface area (TPSA) is 69.0 Å². The van der Waals surface area contributed by atoms with Gasteiger partial charge < -0.3 is 10.2 Å². The van der Waals surface area contributed by atoms with E-state index in [9.17, 15) is 4.79 Å². The number of rotatable bonds is 1. The molecule has 1 aliphatic heterocycles. The summed E-state index contributed by atoms with van der Waals surface area (Å²) in [6, 6.07) is 4.05. The zero-order chi connectivity index (χ0) is 12.4. The lowest BCUT2D eigenvalue weighted by Gasteiger charge is -2.28. The van der Waals surface area contributed by atoms with Crippen LogP contribution in [0.2, 0.25) is 0 Å². The van der Waals surface area contributed by atoms with Gasteiger partial charge in [-0.25, -0.2) is 4.98 Å². The smallest absolute Gasteiger partial charge is 0.239 e. The quantitative estimate of drug-likeness (QED) is 0.763. The molecule has 1 N–H and O–H groups in total. The summed E-state index contributed by atoms with van der Waals surface area (Å²) in [4.78, 5) is 17.6. The maximum Gasteiger partial charge on any atom is 0.239 e. The second-order valence-electron chi connectivity index (χ2n) is 4.16. The van der Waals surface area contributed by atoms with Crippen molar-refractivity contribution in [1.29, 1.82) is 5.26 Å². The van der Waals surface area contributed by atoms with Crippen LogP contribution in [0, 0.1) is 25.2 Å². The van der Waals surface area contributed by atoms with Gasteiger partial charge in [-0.3, -0.25) is 4.79 Å². The van der Waals surface area contributed by atoms with Crippen molar-refractivity contribution in [3.63, 3.8) is 0 Å². The molecule has 1 fully saturated rings. The molecule has 2 heterocycles. The molecule has 2 rings (SSSR count). The lowest BCUT2D eigenvalue weighted by molar-refractivity contribution is -0.120. The monoisotopic (exact) mass is 230 g/mol. The summed E-state index contributed by atoms with van der Waals surface area (Å²) in [7, 11) is 0. The number of carbonyl (C=O) groups is 1. The highest BCUT2D eigenvalue weighted by Crippen LogP contribution is 2.22. The Bertz CT molecular complexity index is 504. The van der Waals surface area contributed by atoms with E-state index in [0.717, 1.165) is 11.3 Å². The third-order valence-corrected chi connectivity index (χ3v) is 2.78. The van der Waals surface area contributed by atoms with Crippen LogP contribution < -0.4 is 10.2 Å². The predicted octanol–water partition coefficient (Wildman–Crippen LogP) is 0.506. The van der Waals surface area contributed by atoms with Crippen LogP contribution in [0.15, 0.2) is 6.07 Å². The fourth-order valence-corrected chi connectivity index (χ4v) is 2.00. The van der Waals surface area contributed by atoms with Gasteiger partial charge in [0.25, 0.3) is 0 Å². The van der Waals surface area contributed by atoms with Crippen LogP contribution in [0.4, 0.5) is 5.82 Å². The van der Waals surface area contributed by atoms with Crippen LogP contribution in [0.5, 0.6) is 0 Å². The fourth-order valence-electron chi connectivity index (χ4n) is 2.00. The van der Waals surface area contributed by atoms with Gasteiger partial charge in [-0.05, 0) is 25.5 Å².